The standard InChI is InChI=1S/C25H26N6O4/c1-2-29-22-5-3-4-6-23(22)30(25(29)33)12-10-24(32)28-15-13-27(14-16-28)20-7-8-21(31(34)35)19-17-26-11-9-18(19)20/h3-9,11,17H,2,10,12-16H2,1H3. The molecule has 35 heavy (non-hydrogen) atoms. The second kappa shape index (κ2) is 9.21. The Labute approximate surface area is 201 Å². The summed E-state index contributed by atoms with van der Waals surface area (Å²) in [5.74, 6) is 0.0163. The third-order valence-electron chi connectivity index (χ3n) is 6.73. The Morgan fingerprint density at radius 3 is 2.40 bits per heavy atom. The number of imidazole rings is 1. The number of piperazine rings is 1. The summed E-state index contributed by atoms with van der Waals surface area (Å²) in [4.78, 5) is 44.8. The van der Waals surface area contributed by atoms with Gasteiger partial charge in [-0.3, -0.25) is 29.0 Å². The first-order chi connectivity index (χ1) is 17.0. The normalized spacial score (nSPS) is 14.1. The van der Waals surface area contributed by atoms with Gasteiger partial charge in [0, 0.05) is 75.2 Å². The van der Waals surface area contributed by atoms with Crippen LogP contribution >= 0.6 is 0 Å². The third-order valence-corrected chi connectivity index (χ3v) is 6.73. The molecule has 1 amide bonds. The average molecular weight is 475 g/mol. The molecular formula is C25H26N6O4. The van der Waals surface area contributed by atoms with Gasteiger partial charge in [0.1, 0.15) is 0 Å². The van der Waals surface area contributed by atoms with Crippen LogP contribution in [0.3, 0.4) is 0 Å². The molecule has 3 heterocycles. The van der Waals surface area contributed by atoms with Crippen molar-refractivity contribution in [1.82, 2.24) is 19.0 Å². The number of hydrogen-bond donors (Lipinski definition) is 0. The predicted octanol–water partition coefficient (Wildman–Crippen LogP) is 3.02. The second-order valence-electron chi connectivity index (χ2n) is 8.57. The number of fused-ring (bicyclic) bond motifs is 2. The SMILES string of the molecule is CCn1c(=O)n(CCC(=O)N2CCN(c3ccc([N+](=O)[O-])c4cnccc34)CC2)c2ccccc21. The zero-order valence-electron chi connectivity index (χ0n) is 19.5. The van der Waals surface area contributed by atoms with Crippen molar-refractivity contribution in [3.05, 3.63) is 75.5 Å². The number of non-ortho nitro benzene ring substituents is 1. The summed E-state index contributed by atoms with van der Waals surface area (Å²) in [6, 6.07) is 12.7. The van der Waals surface area contributed by atoms with E-state index in [1.807, 2.05) is 36.1 Å². The number of pyridine rings is 1. The van der Waals surface area contributed by atoms with Crippen LogP contribution in [-0.2, 0) is 17.9 Å². The fraction of sp³-hybridized carbons (Fsp3) is 0.320. The Morgan fingerprint density at radius 2 is 1.71 bits per heavy atom. The summed E-state index contributed by atoms with van der Waals surface area (Å²) in [5.41, 5.74) is 2.57. The number of carbonyl (C=O) groups is 1. The first-order valence-electron chi connectivity index (χ1n) is 11.7. The molecule has 4 aromatic rings. The van der Waals surface area contributed by atoms with Crippen LogP contribution in [0.15, 0.2) is 59.7 Å². The summed E-state index contributed by atoms with van der Waals surface area (Å²) in [6.45, 7) is 5.20. The summed E-state index contributed by atoms with van der Waals surface area (Å²) in [5, 5.41) is 12.7. The molecule has 0 saturated carbocycles. The molecule has 1 aliphatic heterocycles. The van der Waals surface area contributed by atoms with Gasteiger partial charge in [0.15, 0.2) is 0 Å². The van der Waals surface area contributed by atoms with E-state index in [2.05, 4.69) is 9.88 Å². The number of aryl methyl sites for hydroxylation is 2. The Balaban J connectivity index is 1.27. The Hall–Kier alpha value is -4.21. The molecule has 1 aliphatic rings. The molecule has 0 bridgehead atoms. The molecular weight excluding hydrogens is 448 g/mol. The van der Waals surface area contributed by atoms with Crippen molar-refractivity contribution in [2.45, 2.75) is 26.4 Å². The Bertz CT molecular complexity index is 1480. The maximum absolute atomic E-state index is 13.0. The number of carbonyl (C=O) groups excluding carboxylic acids is 1. The molecule has 0 atom stereocenters. The van der Waals surface area contributed by atoms with Crippen molar-refractivity contribution in [3.8, 4) is 0 Å². The first kappa shape index (κ1) is 22.6. The summed E-state index contributed by atoms with van der Waals surface area (Å²) in [6.07, 6.45) is 3.41. The highest BCUT2D eigenvalue weighted by atomic mass is 16.6. The van der Waals surface area contributed by atoms with Crippen molar-refractivity contribution in [1.29, 1.82) is 0 Å². The molecule has 5 rings (SSSR count). The van der Waals surface area contributed by atoms with Crippen LogP contribution in [-0.4, -0.2) is 56.0 Å². The number of amides is 1. The summed E-state index contributed by atoms with van der Waals surface area (Å²) < 4.78 is 3.41. The fourth-order valence-electron chi connectivity index (χ4n) is 4.95. The summed E-state index contributed by atoms with van der Waals surface area (Å²) in [7, 11) is 0. The lowest BCUT2D eigenvalue weighted by molar-refractivity contribution is -0.383. The van der Waals surface area contributed by atoms with Gasteiger partial charge in [-0.1, -0.05) is 12.1 Å². The van der Waals surface area contributed by atoms with Crippen molar-refractivity contribution < 1.29 is 9.72 Å². The number of hydrogen-bond acceptors (Lipinski definition) is 6. The quantitative estimate of drug-likeness (QED) is 0.314. The molecule has 10 nitrogen and oxygen atoms in total. The summed E-state index contributed by atoms with van der Waals surface area (Å²) >= 11 is 0. The lowest BCUT2D eigenvalue weighted by Gasteiger charge is -2.36. The lowest BCUT2D eigenvalue weighted by atomic mass is 10.1. The van der Waals surface area contributed by atoms with Crippen molar-refractivity contribution >= 4 is 39.1 Å². The first-order valence-corrected chi connectivity index (χ1v) is 11.7. The lowest BCUT2D eigenvalue weighted by Crippen LogP contribution is -2.49. The smallest absolute Gasteiger partial charge is 0.329 e. The minimum absolute atomic E-state index is 0.0163. The van der Waals surface area contributed by atoms with Gasteiger partial charge >= 0.3 is 5.69 Å². The zero-order valence-corrected chi connectivity index (χ0v) is 19.5. The van der Waals surface area contributed by atoms with E-state index in [0.717, 1.165) is 22.1 Å². The second-order valence-corrected chi connectivity index (χ2v) is 8.57. The van der Waals surface area contributed by atoms with E-state index >= 15 is 0 Å². The van der Waals surface area contributed by atoms with Crippen LogP contribution in [0.2, 0.25) is 0 Å². The highest BCUT2D eigenvalue weighted by Gasteiger charge is 2.24. The predicted molar refractivity (Wildman–Crippen MR) is 134 cm³/mol. The molecule has 10 heteroatoms. The van der Waals surface area contributed by atoms with Crippen LogP contribution in [0.25, 0.3) is 21.8 Å². The fourth-order valence-corrected chi connectivity index (χ4v) is 4.95. The highest BCUT2D eigenvalue weighted by Crippen LogP contribution is 2.33. The molecule has 2 aromatic carbocycles. The van der Waals surface area contributed by atoms with Crippen LogP contribution < -0.4 is 10.6 Å². The molecule has 180 valence electrons. The molecule has 0 spiro atoms. The monoisotopic (exact) mass is 474 g/mol. The molecule has 2 aromatic heterocycles. The van der Waals surface area contributed by atoms with Gasteiger partial charge in [-0.25, -0.2) is 4.79 Å². The third kappa shape index (κ3) is 4.01. The van der Waals surface area contributed by atoms with Gasteiger partial charge in [-0.05, 0) is 31.2 Å². The number of rotatable bonds is 6. The van der Waals surface area contributed by atoms with E-state index in [0.29, 0.717) is 44.7 Å². The topological polar surface area (TPSA) is 107 Å². The van der Waals surface area contributed by atoms with Crippen LogP contribution in [0.4, 0.5) is 11.4 Å². The van der Waals surface area contributed by atoms with Gasteiger partial charge in [-0.15, -0.1) is 0 Å². The number of nitro benzene ring substituents is 1. The minimum Gasteiger partial charge on any atom is -0.367 e. The number of nitro groups is 1. The number of para-hydroxylation sites is 2. The maximum Gasteiger partial charge on any atom is 0.329 e. The number of aromatic nitrogens is 3. The van der Waals surface area contributed by atoms with E-state index in [-0.39, 0.29) is 23.7 Å². The number of benzene rings is 2. The van der Waals surface area contributed by atoms with E-state index < -0.39 is 4.92 Å². The van der Waals surface area contributed by atoms with Crippen LogP contribution in [0, 0.1) is 10.1 Å². The number of nitrogens with zero attached hydrogens (tertiary/aromatic N) is 6. The highest BCUT2D eigenvalue weighted by molar-refractivity contribution is 5.99. The van der Waals surface area contributed by atoms with Gasteiger partial charge in [0.2, 0.25) is 5.91 Å². The van der Waals surface area contributed by atoms with Crippen LogP contribution in [0.1, 0.15) is 13.3 Å². The van der Waals surface area contributed by atoms with Gasteiger partial charge in [-0.2, -0.15) is 0 Å². The zero-order chi connectivity index (χ0) is 24.5. The Morgan fingerprint density at radius 1 is 1.00 bits per heavy atom. The largest absolute Gasteiger partial charge is 0.367 e. The molecule has 0 N–H and O–H groups in total. The molecule has 0 unspecified atom stereocenters. The Kier molecular flexibility index (Phi) is 5.94. The minimum atomic E-state index is -0.395. The van der Waals surface area contributed by atoms with Crippen molar-refractivity contribution in [2.75, 3.05) is 31.1 Å². The van der Waals surface area contributed by atoms with Gasteiger partial charge in [0.05, 0.1) is 21.3 Å². The maximum atomic E-state index is 13.0. The van der Waals surface area contributed by atoms with E-state index in [1.54, 1.807) is 27.5 Å². The number of anilines is 1. The molecule has 0 radical (unpaired) electrons. The van der Waals surface area contributed by atoms with Gasteiger partial charge < -0.3 is 9.80 Å². The molecule has 1 fully saturated rings. The molecule has 0 aliphatic carbocycles. The van der Waals surface area contributed by atoms with E-state index in [9.17, 15) is 19.7 Å². The van der Waals surface area contributed by atoms with Gasteiger partial charge in [0.25, 0.3) is 5.69 Å². The molecule has 1 saturated heterocycles. The van der Waals surface area contributed by atoms with E-state index in [1.165, 1.54) is 12.3 Å². The van der Waals surface area contributed by atoms with Crippen molar-refractivity contribution in [2.24, 2.45) is 0 Å². The van der Waals surface area contributed by atoms with Crippen LogP contribution in [0.5, 0.6) is 0 Å². The van der Waals surface area contributed by atoms with Crippen molar-refractivity contribution in [3.63, 3.8) is 0 Å². The van der Waals surface area contributed by atoms with E-state index in [4.69, 9.17) is 0 Å². The average Bonchev–Trinajstić information content (AvgIpc) is 3.16.